The zero-order valence-electron chi connectivity index (χ0n) is 13.6. The Bertz CT molecular complexity index is 861. The van der Waals surface area contributed by atoms with Gasteiger partial charge in [0.15, 0.2) is 0 Å². The van der Waals surface area contributed by atoms with E-state index in [0.717, 1.165) is 19.6 Å². The lowest BCUT2D eigenvalue weighted by molar-refractivity contribution is 0.556. The third-order valence-corrected chi connectivity index (χ3v) is 5.89. The maximum Gasteiger partial charge on any atom is 0.116 e. The van der Waals surface area contributed by atoms with Crippen molar-refractivity contribution in [2.45, 2.75) is 22.2 Å². The number of hydrogen-bond acceptors (Lipinski definition) is 3. The Morgan fingerprint density at radius 1 is 1.17 bits per heavy atom. The van der Waals surface area contributed by atoms with Crippen molar-refractivity contribution in [3.8, 4) is 0 Å². The summed E-state index contributed by atoms with van der Waals surface area (Å²) in [6, 6.07) is 15.1. The normalized spacial score (nSPS) is 18.2. The molecule has 4 rings (SSSR count). The third kappa shape index (κ3) is 3.02. The van der Waals surface area contributed by atoms with Crippen LogP contribution in [0.25, 0.3) is 10.9 Å². The highest BCUT2D eigenvalue weighted by Gasteiger charge is 2.23. The summed E-state index contributed by atoms with van der Waals surface area (Å²) >= 11 is 8.37. The van der Waals surface area contributed by atoms with Crippen LogP contribution >= 0.6 is 23.4 Å². The lowest BCUT2D eigenvalue weighted by Crippen LogP contribution is -2.48. The van der Waals surface area contributed by atoms with Crippen molar-refractivity contribution in [2.75, 3.05) is 24.5 Å². The molecule has 0 saturated carbocycles. The smallest absolute Gasteiger partial charge is 0.116 e. The van der Waals surface area contributed by atoms with Gasteiger partial charge in [-0.05, 0) is 30.7 Å². The van der Waals surface area contributed by atoms with Crippen LogP contribution in [0, 0.1) is 6.92 Å². The number of nitrogens with zero attached hydrogens (tertiary/aromatic N) is 1. The standard InChI is InChI=1S/C19H20ClN3S/c1-13-6-7-17(16(10-13)23-9-8-21-12-19(23)20)24-18-11-22-15-5-3-2-4-14(15)18/h2-7,10-11,19,21-22H,8-9,12H2,1H3. The lowest BCUT2D eigenvalue weighted by Gasteiger charge is -2.35. The largest absolute Gasteiger partial charge is 0.360 e. The molecule has 0 amide bonds. The Labute approximate surface area is 151 Å². The van der Waals surface area contributed by atoms with E-state index >= 15 is 0 Å². The van der Waals surface area contributed by atoms with E-state index in [2.05, 4.69) is 70.8 Å². The van der Waals surface area contributed by atoms with Crippen molar-refractivity contribution in [1.29, 1.82) is 0 Å². The van der Waals surface area contributed by atoms with Gasteiger partial charge < -0.3 is 15.2 Å². The van der Waals surface area contributed by atoms with E-state index in [1.54, 1.807) is 11.8 Å². The highest BCUT2D eigenvalue weighted by molar-refractivity contribution is 7.99. The molecule has 0 spiro atoms. The summed E-state index contributed by atoms with van der Waals surface area (Å²) in [4.78, 5) is 8.16. The summed E-state index contributed by atoms with van der Waals surface area (Å²) in [7, 11) is 0. The Morgan fingerprint density at radius 3 is 2.92 bits per heavy atom. The van der Waals surface area contributed by atoms with E-state index in [0.29, 0.717) is 0 Å². The SMILES string of the molecule is Cc1ccc(Sc2c[nH]c3ccccc23)c(N2CCNCC2Cl)c1. The summed E-state index contributed by atoms with van der Waals surface area (Å²) in [5, 5.41) is 4.61. The van der Waals surface area contributed by atoms with Gasteiger partial charge in [0.2, 0.25) is 0 Å². The Kier molecular flexibility index (Phi) is 4.44. The Morgan fingerprint density at radius 2 is 2.04 bits per heavy atom. The number of nitrogens with one attached hydrogen (secondary N) is 2. The molecule has 2 N–H and O–H groups in total. The first-order valence-corrected chi connectivity index (χ1v) is 9.44. The quantitative estimate of drug-likeness (QED) is 0.530. The molecule has 1 unspecified atom stereocenters. The molecule has 1 aliphatic rings. The topological polar surface area (TPSA) is 31.1 Å². The third-order valence-electron chi connectivity index (χ3n) is 4.38. The van der Waals surface area contributed by atoms with Crippen molar-refractivity contribution in [3.63, 3.8) is 0 Å². The van der Waals surface area contributed by atoms with Gasteiger partial charge >= 0.3 is 0 Å². The van der Waals surface area contributed by atoms with Crippen molar-refractivity contribution in [2.24, 2.45) is 0 Å². The maximum atomic E-state index is 6.57. The van der Waals surface area contributed by atoms with Gasteiger partial charge in [0, 0.05) is 46.5 Å². The minimum atomic E-state index is -0.0112. The number of fused-ring (bicyclic) bond motifs is 1. The molecule has 0 aliphatic carbocycles. The van der Waals surface area contributed by atoms with Crippen LogP contribution in [-0.2, 0) is 0 Å². The molecule has 3 nitrogen and oxygen atoms in total. The first kappa shape index (κ1) is 15.9. The number of aryl methyl sites for hydroxylation is 1. The highest BCUT2D eigenvalue weighted by Crippen LogP contribution is 2.40. The molecule has 1 atom stereocenters. The van der Waals surface area contributed by atoms with Gasteiger partial charge in [-0.1, -0.05) is 47.6 Å². The van der Waals surface area contributed by atoms with Crippen LogP contribution < -0.4 is 10.2 Å². The fraction of sp³-hybridized carbons (Fsp3) is 0.263. The second-order valence-corrected chi connectivity index (χ2v) is 7.69. The van der Waals surface area contributed by atoms with Gasteiger partial charge in [-0.25, -0.2) is 0 Å². The summed E-state index contributed by atoms with van der Waals surface area (Å²) in [6.45, 7) is 4.84. The summed E-state index contributed by atoms with van der Waals surface area (Å²) in [6.07, 6.45) is 2.09. The minimum Gasteiger partial charge on any atom is -0.360 e. The molecule has 24 heavy (non-hydrogen) atoms. The minimum absolute atomic E-state index is 0.0112. The van der Waals surface area contributed by atoms with E-state index in [1.165, 1.54) is 31.9 Å². The number of H-pyrrole nitrogens is 1. The van der Waals surface area contributed by atoms with Crippen molar-refractivity contribution >= 4 is 40.0 Å². The molecule has 0 bridgehead atoms. The van der Waals surface area contributed by atoms with Crippen LogP contribution in [0.1, 0.15) is 5.56 Å². The number of rotatable bonds is 3. The first-order valence-electron chi connectivity index (χ1n) is 8.18. The number of alkyl halides is 1. The predicted octanol–water partition coefficient (Wildman–Crippen LogP) is 4.60. The van der Waals surface area contributed by atoms with Gasteiger partial charge in [0.1, 0.15) is 5.50 Å². The Balaban J connectivity index is 1.72. The second-order valence-electron chi connectivity index (χ2n) is 6.10. The van der Waals surface area contributed by atoms with Crippen molar-refractivity contribution in [1.82, 2.24) is 10.3 Å². The van der Waals surface area contributed by atoms with E-state index < -0.39 is 0 Å². The van der Waals surface area contributed by atoms with E-state index in [-0.39, 0.29) is 5.50 Å². The number of piperazine rings is 1. The summed E-state index contributed by atoms with van der Waals surface area (Å²) in [5.41, 5.74) is 3.65. The van der Waals surface area contributed by atoms with Gasteiger partial charge in [0.25, 0.3) is 0 Å². The van der Waals surface area contributed by atoms with Crippen LogP contribution in [0.2, 0.25) is 0 Å². The predicted molar refractivity (Wildman–Crippen MR) is 103 cm³/mol. The molecule has 2 aromatic carbocycles. The molecule has 1 saturated heterocycles. The van der Waals surface area contributed by atoms with E-state index in [1.807, 2.05) is 0 Å². The maximum absolute atomic E-state index is 6.57. The molecule has 2 heterocycles. The van der Waals surface area contributed by atoms with Gasteiger partial charge in [-0.2, -0.15) is 0 Å². The lowest BCUT2D eigenvalue weighted by atomic mass is 10.2. The molecule has 3 aromatic rings. The fourth-order valence-corrected chi connectivity index (χ4v) is 4.50. The van der Waals surface area contributed by atoms with E-state index in [9.17, 15) is 0 Å². The Hall–Kier alpha value is -1.62. The molecular formula is C19H20ClN3S. The molecule has 5 heteroatoms. The monoisotopic (exact) mass is 357 g/mol. The molecule has 0 radical (unpaired) electrons. The zero-order valence-corrected chi connectivity index (χ0v) is 15.1. The zero-order chi connectivity index (χ0) is 16.5. The summed E-state index contributed by atoms with van der Waals surface area (Å²) < 4.78 is 0. The summed E-state index contributed by atoms with van der Waals surface area (Å²) in [5.74, 6) is 0. The molecule has 1 aromatic heterocycles. The molecule has 1 aliphatic heterocycles. The molecule has 1 fully saturated rings. The van der Waals surface area contributed by atoms with E-state index in [4.69, 9.17) is 11.6 Å². The number of benzene rings is 2. The first-order chi connectivity index (χ1) is 11.7. The van der Waals surface area contributed by atoms with Crippen LogP contribution in [0.5, 0.6) is 0 Å². The van der Waals surface area contributed by atoms with Gasteiger partial charge in [-0.3, -0.25) is 0 Å². The number of aromatic nitrogens is 1. The number of halogens is 1. The number of para-hydroxylation sites is 1. The average Bonchev–Trinajstić information content (AvgIpc) is 3.00. The molecular weight excluding hydrogens is 338 g/mol. The van der Waals surface area contributed by atoms with Crippen LogP contribution in [0.3, 0.4) is 0 Å². The van der Waals surface area contributed by atoms with Gasteiger partial charge in [-0.15, -0.1) is 0 Å². The molecule has 124 valence electrons. The van der Waals surface area contributed by atoms with Crippen LogP contribution in [0.15, 0.2) is 58.5 Å². The van der Waals surface area contributed by atoms with Gasteiger partial charge in [0.05, 0.1) is 5.69 Å². The van der Waals surface area contributed by atoms with Crippen LogP contribution in [0.4, 0.5) is 5.69 Å². The van der Waals surface area contributed by atoms with Crippen LogP contribution in [-0.4, -0.2) is 30.1 Å². The number of hydrogen-bond donors (Lipinski definition) is 2. The van der Waals surface area contributed by atoms with Crippen molar-refractivity contribution in [3.05, 3.63) is 54.2 Å². The fourth-order valence-electron chi connectivity index (χ4n) is 3.13. The van der Waals surface area contributed by atoms with Crippen molar-refractivity contribution < 1.29 is 0 Å². The highest BCUT2D eigenvalue weighted by atomic mass is 35.5. The second kappa shape index (κ2) is 6.71. The number of anilines is 1. The number of aromatic amines is 1. The average molecular weight is 358 g/mol.